The lowest BCUT2D eigenvalue weighted by Gasteiger charge is -2.17. The molecule has 0 bridgehead atoms. The van der Waals surface area contributed by atoms with Gasteiger partial charge in [-0.2, -0.15) is 0 Å². The monoisotopic (exact) mass is 260 g/mol. The van der Waals surface area contributed by atoms with Gasteiger partial charge in [-0.25, -0.2) is 4.79 Å². The second kappa shape index (κ2) is 5.05. The van der Waals surface area contributed by atoms with Crippen LogP contribution >= 0.6 is 0 Å². The average molecular weight is 260 g/mol. The van der Waals surface area contributed by atoms with Gasteiger partial charge in [-0.05, 0) is 37.5 Å². The number of aliphatic hydroxyl groups is 1. The van der Waals surface area contributed by atoms with Crippen LogP contribution in [0.2, 0.25) is 0 Å². The number of hydrogen-bond acceptors (Lipinski definition) is 2. The van der Waals surface area contributed by atoms with E-state index < -0.39 is 6.10 Å². The van der Waals surface area contributed by atoms with Gasteiger partial charge < -0.3 is 9.67 Å². The molecule has 1 N–H and O–H groups in total. The fourth-order valence-electron chi connectivity index (χ4n) is 2.64. The summed E-state index contributed by atoms with van der Waals surface area (Å²) in [5.41, 5.74) is 4.12. The van der Waals surface area contributed by atoms with Gasteiger partial charge in [0.2, 0.25) is 0 Å². The summed E-state index contributed by atoms with van der Waals surface area (Å²) in [6.45, 7) is 6.31. The number of aliphatic hydroxyl groups excluding tert-OH is 1. The number of benzene rings is 1. The Bertz CT molecular complexity index is 629. The summed E-state index contributed by atoms with van der Waals surface area (Å²) in [4.78, 5) is 11.8. The van der Waals surface area contributed by atoms with E-state index in [0.29, 0.717) is 0 Å². The Morgan fingerprint density at radius 1 is 1.16 bits per heavy atom. The molecule has 1 heterocycles. The molecule has 1 atom stereocenters. The van der Waals surface area contributed by atoms with Crippen LogP contribution in [0.25, 0.3) is 0 Å². The van der Waals surface area contributed by atoms with Crippen molar-refractivity contribution in [2.45, 2.75) is 33.4 Å². The Morgan fingerprint density at radius 2 is 1.74 bits per heavy atom. The highest BCUT2D eigenvalue weighted by Crippen LogP contribution is 2.24. The van der Waals surface area contributed by atoms with Gasteiger partial charge in [-0.15, -0.1) is 0 Å². The van der Waals surface area contributed by atoms with Gasteiger partial charge in [-0.3, -0.25) is 4.57 Å². The minimum Gasteiger partial charge on any atom is -0.387 e. The number of hydrogen-bond donors (Lipinski definition) is 1. The van der Waals surface area contributed by atoms with Gasteiger partial charge >= 0.3 is 5.69 Å². The van der Waals surface area contributed by atoms with Crippen LogP contribution in [0.15, 0.2) is 29.3 Å². The molecule has 0 aliphatic heterocycles. The van der Waals surface area contributed by atoms with Crippen molar-refractivity contribution in [3.63, 3.8) is 0 Å². The van der Waals surface area contributed by atoms with Crippen LogP contribution in [0.3, 0.4) is 0 Å². The van der Waals surface area contributed by atoms with Crippen molar-refractivity contribution in [1.29, 1.82) is 0 Å². The van der Waals surface area contributed by atoms with Crippen molar-refractivity contribution in [1.82, 2.24) is 9.13 Å². The van der Waals surface area contributed by atoms with E-state index in [1.807, 2.05) is 20.8 Å². The fraction of sp³-hybridized carbons (Fsp3) is 0.400. The summed E-state index contributed by atoms with van der Waals surface area (Å²) in [6.07, 6.45) is 2.73. The highest BCUT2D eigenvalue weighted by Gasteiger charge is 2.15. The molecule has 4 nitrogen and oxygen atoms in total. The maximum absolute atomic E-state index is 11.8. The standard InChI is InChI=1S/C15H20N2O2/c1-10-7-11(2)14(12(3)8-10)13(18)9-17-6-5-16(4)15(17)19/h5-8,13,18H,9H2,1-4H3. The molecule has 0 saturated heterocycles. The molecule has 102 valence electrons. The summed E-state index contributed by atoms with van der Waals surface area (Å²) in [7, 11) is 1.70. The Balaban J connectivity index is 2.33. The van der Waals surface area contributed by atoms with Crippen molar-refractivity contribution >= 4 is 0 Å². The minimum atomic E-state index is -0.666. The van der Waals surface area contributed by atoms with Crippen LogP contribution in [-0.2, 0) is 13.6 Å². The number of imidazole rings is 1. The van der Waals surface area contributed by atoms with E-state index in [2.05, 4.69) is 12.1 Å². The van der Waals surface area contributed by atoms with E-state index in [9.17, 15) is 9.90 Å². The molecule has 0 fully saturated rings. The first-order valence-corrected chi connectivity index (χ1v) is 6.37. The van der Waals surface area contributed by atoms with Gasteiger partial charge in [0.1, 0.15) is 0 Å². The summed E-state index contributed by atoms with van der Waals surface area (Å²) in [5, 5.41) is 10.4. The highest BCUT2D eigenvalue weighted by molar-refractivity contribution is 5.38. The van der Waals surface area contributed by atoms with E-state index in [1.165, 1.54) is 14.7 Å². The van der Waals surface area contributed by atoms with Crippen LogP contribution in [-0.4, -0.2) is 14.2 Å². The molecule has 1 aromatic heterocycles. The fourth-order valence-corrected chi connectivity index (χ4v) is 2.64. The zero-order valence-electron chi connectivity index (χ0n) is 11.8. The highest BCUT2D eigenvalue weighted by atomic mass is 16.3. The summed E-state index contributed by atoms with van der Waals surface area (Å²) in [5.74, 6) is 0. The first kappa shape index (κ1) is 13.6. The molecule has 2 aromatic rings. The van der Waals surface area contributed by atoms with Gasteiger partial charge in [0.25, 0.3) is 0 Å². The largest absolute Gasteiger partial charge is 0.387 e. The van der Waals surface area contributed by atoms with E-state index in [-0.39, 0.29) is 12.2 Å². The lowest BCUT2D eigenvalue weighted by atomic mass is 9.95. The number of aryl methyl sites for hydroxylation is 4. The molecule has 1 unspecified atom stereocenters. The van der Waals surface area contributed by atoms with Crippen molar-refractivity contribution in [3.8, 4) is 0 Å². The maximum Gasteiger partial charge on any atom is 0.327 e. The zero-order valence-corrected chi connectivity index (χ0v) is 11.8. The number of rotatable bonds is 3. The molecular weight excluding hydrogens is 240 g/mol. The normalized spacial score (nSPS) is 12.7. The van der Waals surface area contributed by atoms with Crippen LogP contribution in [0, 0.1) is 20.8 Å². The van der Waals surface area contributed by atoms with E-state index >= 15 is 0 Å². The Morgan fingerprint density at radius 3 is 2.21 bits per heavy atom. The van der Waals surface area contributed by atoms with Crippen molar-refractivity contribution < 1.29 is 5.11 Å². The van der Waals surface area contributed by atoms with Gasteiger partial charge in [-0.1, -0.05) is 17.7 Å². The molecular formula is C15H20N2O2. The second-order valence-electron chi connectivity index (χ2n) is 5.17. The Labute approximate surface area is 112 Å². The molecule has 0 amide bonds. The van der Waals surface area contributed by atoms with Gasteiger partial charge in [0, 0.05) is 19.4 Å². The molecule has 0 aliphatic rings. The molecule has 0 spiro atoms. The van der Waals surface area contributed by atoms with E-state index in [4.69, 9.17) is 0 Å². The summed E-state index contributed by atoms with van der Waals surface area (Å²) < 4.78 is 3.03. The van der Waals surface area contributed by atoms with Crippen LogP contribution < -0.4 is 5.69 Å². The SMILES string of the molecule is Cc1cc(C)c(C(O)Cn2ccn(C)c2=O)c(C)c1. The molecule has 0 radical (unpaired) electrons. The van der Waals surface area contributed by atoms with Crippen molar-refractivity contribution in [3.05, 3.63) is 57.3 Å². The summed E-state index contributed by atoms with van der Waals surface area (Å²) in [6, 6.07) is 4.11. The number of nitrogens with zero attached hydrogens (tertiary/aromatic N) is 2. The third kappa shape index (κ3) is 2.63. The predicted molar refractivity (Wildman–Crippen MR) is 75.3 cm³/mol. The quantitative estimate of drug-likeness (QED) is 0.915. The molecule has 0 aliphatic carbocycles. The number of aromatic nitrogens is 2. The van der Waals surface area contributed by atoms with Gasteiger partial charge in [0.15, 0.2) is 0 Å². The molecule has 0 saturated carbocycles. The molecule has 4 heteroatoms. The molecule has 1 aromatic carbocycles. The first-order valence-electron chi connectivity index (χ1n) is 6.37. The van der Waals surface area contributed by atoms with Crippen molar-refractivity contribution in [2.75, 3.05) is 0 Å². The first-order chi connectivity index (χ1) is 8.90. The Hall–Kier alpha value is -1.81. The second-order valence-corrected chi connectivity index (χ2v) is 5.17. The van der Waals surface area contributed by atoms with E-state index in [1.54, 1.807) is 19.4 Å². The predicted octanol–water partition coefficient (Wildman–Crippen LogP) is 1.85. The Kier molecular flexibility index (Phi) is 3.62. The van der Waals surface area contributed by atoms with Crippen LogP contribution in [0.1, 0.15) is 28.4 Å². The lowest BCUT2D eigenvalue weighted by Crippen LogP contribution is -2.24. The minimum absolute atomic E-state index is 0.110. The summed E-state index contributed by atoms with van der Waals surface area (Å²) >= 11 is 0. The van der Waals surface area contributed by atoms with E-state index in [0.717, 1.165) is 16.7 Å². The maximum atomic E-state index is 11.8. The van der Waals surface area contributed by atoms with Crippen LogP contribution in [0.4, 0.5) is 0 Å². The zero-order chi connectivity index (χ0) is 14.2. The smallest absolute Gasteiger partial charge is 0.327 e. The lowest BCUT2D eigenvalue weighted by molar-refractivity contribution is 0.153. The van der Waals surface area contributed by atoms with Gasteiger partial charge in [0.05, 0.1) is 12.6 Å². The topological polar surface area (TPSA) is 47.2 Å². The van der Waals surface area contributed by atoms with Crippen LogP contribution in [0.5, 0.6) is 0 Å². The molecule has 2 rings (SSSR count). The third-order valence-corrected chi connectivity index (χ3v) is 3.46. The third-order valence-electron chi connectivity index (χ3n) is 3.46. The van der Waals surface area contributed by atoms with Crippen molar-refractivity contribution in [2.24, 2.45) is 7.05 Å². The average Bonchev–Trinajstić information content (AvgIpc) is 2.59. The molecule has 19 heavy (non-hydrogen) atoms.